The lowest BCUT2D eigenvalue weighted by Gasteiger charge is -2.26. The van der Waals surface area contributed by atoms with Crippen molar-refractivity contribution in [2.24, 2.45) is 0 Å². The molecule has 5 heteroatoms. The third-order valence-electron chi connectivity index (χ3n) is 3.12. The van der Waals surface area contributed by atoms with Crippen LogP contribution < -0.4 is 4.74 Å². The summed E-state index contributed by atoms with van der Waals surface area (Å²) in [6, 6.07) is 9.58. The van der Waals surface area contributed by atoms with Gasteiger partial charge in [-0.1, -0.05) is 0 Å². The molecule has 108 valence electrons. The predicted molar refractivity (Wildman–Crippen MR) is 80.8 cm³/mol. The molecule has 0 saturated heterocycles. The normalized spacial score (nSPS) is 13.2. The summed E-state index contributed by atoms with van der Waals surface area (Å²) in [4.78, 5) is 14.9. The highest BCUT2D eigenvalue weighted by Gasteiger charge is 2.22. The Morgan fingerprint density at radius 3 is 2.50 bits per heavy atom. The van der Waals surface area contributed by atoms with Gasteiger partial charge >= 0.3 is 0 Å². The largest absolute Gasteiger partial charge is 0.481 e. The van der Waals surface area contributed by atoms with Crippen molar-refractivity contribution in [3.63, 3.8) is 0 Å². The first-order valence-corrected chi connectivity index (χ1v) is 7.66. The molecule has 1 aromatic carbocycles. The maximum atomic E-state index is 12.2. The Labute approximate surface area is 124 Å². The van der Waals surface area contributed by atoms with E-state index in [1.165, 1.54) is 0 Å². The topological polar surface area (TPSA) is 53.3 Å². The van der Waals surface area contributed by atoms with Crippen LogP contribution in [0.3, 0.4) is 0 Å². The second kappa shape index (κ2) is 7.81. The summed E-state index contributed by atoms with van der Waals surface area (Å²) in [7, 11) is 1.70. The Bertz CT molecular complexity index is 482. The number of amides is 1. The molecule has 0 aliphatic rings. The van der Waals surface area contributed by atoms with Gasteiger partial charge < -0.3 is 9.64 Å². The molecule has 0 bridgehead atoms. The van der Waals surface area contributed by atoms with Gasteiger partial charge in [0.25, 0.3) is 5.91 Å². The lowest BCUT2D eigenvalue weighted by atomic mass is 10.2. The van der Waals surface area contributed by atoms with Gasteiger partial charge in [0, 0.05) is 18.0 Å². The number of nitriles is 1. The van der Waals surface area contributed by atoms with Crippen molar-refractivity contribution >= 4 is 17.7 Å². The van der Waals surface area contributed by atoms with E-state index in [4.69, 9.17) is 10.00 Å². The van der Waals surface area contributed by atoms with Gasteiger partial charge in [-0.25, -0.2) is 0 Å². The molecular weight excluding hydrogens is 272 g/mol. The SMILES string of the molecule is CSc1ccc(OC(C)C(=O)N(C)C(C)CC#N)cc1. The fraction of sp³-hybridized carbons (Fsp3) is 0.467. The number of thioether (sulfide) groups is 1. The van der Waals surface area contributed by atoms with Crippen molar-refractivity contribution in [1.29, 1.82) is 5.26 Å². The lowest BCUT2D eigenvalue weighted by molar-refractivity contribution is -0.138. The summed E-state index contributed by atoms with van der Waals surface area (Å²) in [6.45, 7) is 3.57. The van der Waals surface area contributed by atoms with Gasteiger partial charge in [0.15, 0.2) is 6.10 Å². The quantitative estimate of drug-likeness (QED) is 0.756. The number of nitrogens with zero attached hydrogens (tertiary/aromatic N) is 2. The lowest BCUT2D eigenvalue weighted by Crippen LogP contribution is -2.42. The number of hydrogen-bond acceptors (Lipinski definition) is 4. The van der Waals surface area contributed by atoms with Gasteiger partial charge in [-0.05, 0) is 44.4 Å². The average Bonchev–Trinajstić information content (AvgIpc) is 2.46. The highest BCUT2D eigenvalue weighted by atomic mass is 32.2. The van der Waals surface area contributed by atoms with Crippen LogP contribution in [0.2, 0.25) is 0 Å². The van der Waals surface area contributed by atoms with Gasteiger partial charge in [-0.2, -0.15) is 5.26 Å². The second-order valence-corrected chi connectivity index (χ2v) is 5.48. The molecule has 2 atom stereocenters. The number of rotatable bonds is 6. The molecule has 0 aliphatic carbocycles. The van der Waals surface area contributed by atoms with E-state index in [1.807, 2.05) is 37.4 Å². The summed E-state index contributed by atoms with van der Waals surface area (Å²) < 4.78 is 5.64. The summed E-state index contributed by atoms with van der Waals surface area (Å²) >= 11 is 1.66. The Morgan fingerprint density at radius 1 is 1.40 bits per heavy atom. The van der Waals surface area contributed by atoms with Gasteiger partial charge in [0.05, 0.1) is 12.5 Å². The van der Waals surface area contributed by atoms with Crippen molar-refractivity contribution in [3.05, 3.63) is 24.3 Å². The van der Waals surface area contributed by atoms with Crippen LogP contribution in [0.5, 0.6) is 5.75 Å². The van der Waals surface area contributed by atoms with E-state index in [-0.39, 0.29) is 11.9 Å². The molecule has 0 radical (unpaired) electrons. The van der Waals surface area contributed by atoms with Gasteiger partial charge in [-0.15, -0.1) is 11.8 Å². The van der Waals surface area contributed by atoms with Crippen LogP contribution in [0.1, 0.15) is 20.3 Å². The summed E-state index contributed by atoms with van der Waals surface area (Å²) in [5, 5.41) is 8.67. The summed E-state index contributed by atoms with van der Waals surface area (Å²) in [6.07, 6.45) is 1.76. The van der Waals surface area contributed by atoms with Crippen molar-refractivity contribution in [1.82, 2.24) is 4.90 Å². The molecule has 1 aromatic rings. The molecule has 1 amide bonds. The standard InChI is InChI=1S/C15H20N2O2S/c1-11(9-10-16)17(3)15(18)12(2)19-13-5-7-14(20-4)8-6-13/h5-8,11-12H,9H2,1-4H3. The molecule has 0 spiro atoms. The number of likely N-dealkylation sites (N-methyl/N-ethyl adjacent to an activating group) is 1. The molecule has 0 heterocycles. The van der Waals surface area contributed by atoms with Crippen LogP contribution >= 0.6 is 11.8 Å². The first-order chi connectivity index (χ1) is 9.49. The summed E-state index contributed by atoms with van der Waals surface area (Å²) in [5.41, 5.74) is 0. The van der Waals surface area contributed by atoms with Crippen molar-refractivity contribution in [3.8, 4) is 11.8 Å². The van der Waals surface area contributed by atoms with E-state index in [0.717, 1.165) is 4.90 Å². The molecule has 0 saturated carbocycles. The van der Waals surface area contributed by atoms with E-state index in [0.29, 0.717) is 12.2 Å². The maximum absolute atomic E-state index is 12.2. The minimum atomic E-state index is -0.568. The van der Waals surface area contributed by atoms with Gasteiger partial charge in [0.2, 0.25) is 0 Å². The van der Waals surface area contributed by atoms with Crippen molar-refractivity contribution in [2.45, 2.75) is 37.3 Å². The smallest absolute Gasteiger partial charge is 0.263 e. The molecular formula is C15H20N2O2S. The maximum Gasteiger partial charge on any atom is 0.263 e. The molecule has 2 unspecified atom stereocenters. The number of ether oxygens (including phenoxy) is 1. The first kappa shape index (κ1) is 16.4. The van der Waals surface area contributed by atoms with Crippen LogP contribution in [0.25, 0.3) is 0 Å². The number of benzene rings is 1. The zero-order chi connectivity index (χ0) is 15.1. The zero-order valence-corrected chi connectivity index (χ0v) is 13.1. The van der Waals surface area contributed by atoms with E-state index in [1.54, 1.807) is 30.6 Å². The Balaban J connectivity index is 2.62. The number of hydrogen-bond donors (Lipinski definition) is 0. The van der Waals surface area contributed by atoms with E-state index < -0.39 is 6.10 Å². The Morgan fingerprint density at radius 2 is 2.00 bits per heavy atom. The number of carbonyl (C=O) groups is 1. The Hall–Kier alpha value is -1.67. The summed E-state index contributed by atoms with van der Waals surface area (Å²) in [5.74, 6) is 0.548. The number of carbonyl (C=O) groups excluding carboxylic acids is 1. The fourth-order valence-electron chi connectivity index (χ4n) is 1.68. The minimum absolute atomic E-state index is 0.114. The van der Waals surface area contributed by atoms with Crippen LogP contribution in [-0.4, -0.2) is 36.3 Å². The average molecular weight is 292 g/mol. The van der Waals surface area contributed by atoms with E-state index in [9.17, 15) is 4.79 Å². The van der Waals surface area contributed by atoms with Crippen LogP contribution in [0.4, 0.5) is 0 Å². The second-order valence-electron chi connectivity index (χ2n) is 4.60. The van der Waals surface area contributed by atoms with Gasteiger partial charge in [0.1, 0.15) is 5.75 Å². The molecule has 4 nitrogen and oxygen atoms in total. The van der Waals surface area contributed by atoms with Crippen LogP contribution in [0, 0.1) is 11.3 Å². The van der Waals surface area contributed by atoms with Gasteiger partial charge in [-0.3, -0.25) is 4.79 Å². The molecule has 0 fully saturated rings. The highest BCUT2D eigenvalue weighted by molar-refractivity contribution is 7.98. The Kier molecular flexibility index (Phi) is 6.40. The minimum Gasteiger partial charge on any atom is -0.481 e. The van der Waals surface area contributed by atoms with Crippen molar-refractivity contribution in [2.75, 3.05) is 13.3 Å². The van der Waals surface area contributed by atoms with Crippen molar-refractivity contribution < 1.29 is 9.53 Å². The molecule has 0 N–H and O–H groups in total. The highest BCUT2D eigenvalue weighted by Crippen LogP contribution is 2.20. The fourth-order valence-corrected chi connectivity index (χ4v) is 2.09. The molecule has 20 heavy (non-hydrogen) atoms. The van der Waals surface area contributed by atoms with E-state index >= 15 is 0 Å². The van der Waals surface area contributed by atoms with E-state index in [2.05, 4.69) is 6.07 Å². The molecule has 1 rings (SSSR count). The van der Waals surface area contributed by atoms with Crippen LogP contribution in [-0.2, 0) is 4.79 Å². The third-order valence-corrected chi connectivity index (χ3v) is 3.86. The third kappa shape index (κ3) is 4.46. The monoisotopic (exact) mass is 292 g/mol. The molecule has 0 aromatic heterocycles. The molecule has 0 aliphatic heterocycles. The van der Waals surface area contributed by atoms with Crippen LogP contribution in [0.15, 0.2) is 29.2 Å². The predicted octanol–water partition coefficient (Wildman–Crippen LogP) is 2.94. The first-order valence-electron chi connectivity index (χ1n) is 6.44. The zero-order valence-electron chi connectivity index (χ0n) is 12.3.